The molecule has 20 rings (SSSR count). The van der Waals surface area contributed by atoms with E-state index >= 15 is 0 Å². The highest BCUT2D eigenvalue weighted by Crippen LogP contribution is 2.56. The van der Waals surface area contributed by atoms with Crippen LogP contribution in [0.4, 0.5) is 0 Å². The summed E-state index contributed by atoms with van der Waals surface area (Å²) in [4.78, 5) is 0. The molecular formula is C101H76. The third-order valence-electron chi connectivity index (χ3n) is 23.5. The van der Waals surface area contributed by atoms with E-state index in [0.29, 0.717) is 0 Å². The fraction of sp³-hybridized carbons (Fsp3) is 0.109. The summed E-state index contributed by atoms with van der Waals surface area (Å²) in [6.07, 6.45) is 0. The second-order valence-electron chi connectivity index (χ2n) is 30.3. The van der Waals surface area contributed by atoms with E-state index in [2.05, 4.69) is 371 Å². The molecule has 0 heteroatoms. The molecule has 0 bridgehead atoms. The number of hydrogen-bond donors (Lipinski definition) is 0. The summed E-state index contributed by atoms with van der Waals surface area (Å²) in [6, 6.07) is 119. The van der Waals surface area contributed by atoms with E-state index in [9.17, 15) is 0 Å². The molecule has 0 amide bonds. The summed E-state index contributed by atoms with van der Waals surface area (Å²) in [7, 11) is 0. The quantitative estimate of drug-likeness (QED) is 0.146. The van der Waals surface area contributed by atoms with Crippen LogP contribution in [0, 0.1) is 13.8 Å². The summed E-state index contributed by atoms with van der Waals surface area (Å²) < 4.78 is 0. The molecule has 17 aromatic carbocycles. The lowest BCUT2D eigenvalue weighted by Gasteiger charge is -2.23. The van der Waals surface area contributed by atoms with Crippen LogP contribution < -0.4 is 0 Å². The van der Waals surface area contributed by atoms with Crippen molar-refractivity contribution >= 4 is 64.6 Å². The molecule has 480 valence electrons. The first-order valence-electron chi connectivity index (χ1n) is 36.0. The Morgan fingerprint density at radius 1 is 0.158 bits per heavy atom. The first kappa shape index (κ1) is 60.5. The minimum atomic E-state index is -0.0478. The topological polar surface area (TPSA) is 0 Å². The van der Waals surface area contributed by atoms with Gasteiger partial charge in [0.1, 0.15) is 0 Å². The molecule has 0 spiro atoms. The van der Waals surface area contributed by atoms with Gasteiger partial charge in [0.25, 0.3) is 0 Å². The van der Waals surface area contributed by atoms with E-state index in [4.69, 9.17) is 0 Å². The highest BCUT2D eigenvalue weighted by atomic mass is 14.4. The minimum Gasteiger partial charge on any atom is -0.0622 e. The highest BCUT2D eigenvalue weighted by Gasteiger charge is 2.38. The van der Waals surface area contributed by atoms with Crippen LogP contribution in [0.15, 0.2) is 315 Å². The van der Waals surface area contributed by atoms with Crippen molar-refractivity contribution in [2.45, 2.75) is 71.6 Å². The Morgan fingerprint density at radius 3 is 0.901 bits per heavy atom. The van der Waals surface area contributed by atoms with E-state index in [0.717, 1.165) is 0 Å². The third kappa shape index (κ3) is 9.14. The van der Waals surface area contributed by atoms with Crippen LogP contribution >= 0.6 is 0 Å². The van der Waals surface area contributed by atoms with Gasteiger partial charge in [-0.25, -0.2) is 0 Å². The van der Waals surface area contributed by atoms with Crippen molar-refractivity contribution in [2.24, 2.45) is 0 Å². The maximum atomic E-state index is 2.47. The van der Waals surface area contributed by atoms with Gasteiger partial charge in [0.15, 0.2) is 0 Å². The number of fused-ring (bicyclic) bond motifs is 15. The smallest absolute Gasteiger partial charge is 0.0159 e. The molecule has 0 radical (unpaired) electrons. The standard InChI is InChI=1S/C55H42.C46H34/c1-33-22-25-45-47(30-33)52(35-24-29-50-46(31-35)40-17-11-13-21-49(40)54(50,2)3)42-18-8-9-19-43(42)53(45)44-28-27-36(37-14-6-7-15-38(37)44)34-23-26-41-39-16-10-12-20-48(39)55(4,5)51(41)32-34;1-29-21-23-39-41(27-29)44(31-22-26-43-40(28-31)35-17-11-12-20-42(35)46(43,2)3)36-18-9-10-19-37(36)45(39)38-25-24-32(30-13-5-4-6-14-30)33-15-7-8-16-34(33)38/h6-32H,1-5H3;4-28H,1-3H3. The molecule has 0 saturated carbocycles. The average molecular weight is 1290 g/mol. The van der Waals surface area contributed by atoms with Gasteiger partial charge < -0.3 is 0 Å². The summed E-state index contributed by atoms with van der Waals surface area (Å²) >= 11 is 0. The molecule has 0 saturated heterocycles. The Labute approximate surface area is 592 Å². The predicted molar refractivity (Wildman–Crippen MR) is 433 cm³/mol. The lowest BCUT2D eigenvalue weighted by Crippen LogP contribution is -2.14. The molecular weight excluding hydrogens is 1210 g/mol. The molecule has 0 nitrogen and oxygen atoms in total. The second kappa shape index (κ2) is 22.7. The zero-order chi connectivity index (χ0) is 68.2. The Morgan fingerprint density at radius 2 is 0.455 bits per heavy atom. The van der Waals surface area contributed by atoms with Crippen molar-refractivity contribution in [1.82, 2.24) is 0 Å². The Bertz CT molecular complexity index is 6360. The second-order valence-corrected chi connectivity index (χ2v) is 30.3. The van der Waals surface area contributed by atoms with Crippen molar-refractivity contribution in [3.05, 3.63) is 360 Å². The van der Waals surface area contributed by atoms with E-state index < -0.39 is 0 Å². The zero-order valence-corrected chi connectivity index (χ0v) is 58.5. The van der Waals surface area contributed by atoms with Gasteiger partial charge in [-0.3, -0.25) is 0 Å². The molecule has 3 aliphatic rings. The monoisotopic (exact) mass is 1290 g/mol. The lowest BCUT2D eigenvalue weighted by molar-refractivity contribution is 0.660. The summed E-state index contributed by atoms with van der Waals surface area (Å²) in [6.45, 7) is 18.6. The van der Waals surface area contributed by atoms with Gasteiger partial charge in [-0.2, -0.15) is 0 Å². The normalized spacial score (nSPS) is 14.0. The molecule has 0 heterocycles. The van der Waals surface area contributed by atoms with Crippen LogP contribution in [0.3, 0.4) is 0 Å². The van der Waals surface area contributed by atoms with Crippen LogP contribution in [-0.2, 0) is 16.2 Å². The van der Waals surface area contributed by atoms with E-state index in [1.54, 1.807) is 0 Å². The van der Waals surface area contributed by atoms with E-state index in [1.165, 1.54) is 209 Å². The fourth-order valence-electron chi connectivity index (χ4n) is 18.6. The SMILES string of the molecule is Cc1ccc2c(-c3ccc(-c4ccc5c(c4)C(C)(C)c4ccccc4-5)c4ccccc34)c3ccccc3c(-c3ccc4c(c3)-c3ccccc3C4(C)C)c2c1.Cc1ccc2c(-c3ccc(-c4ccccc4)c4ccccc34)c3ccccc3c(-c3ccc4c(c3)-c3ccccc3C4(C)C)c2c1. The van der Waals surface area contributed by atoms with Crippen molar-refractivity contribution in [3.8, 4) is 100 Å². The molecule has 0 aliphatic heterocycles. The largest absolute Gasteiger partial charge is 0.0622 e. The lowest BCUT2D eigenvalue weighted by atomic mass is 9.80. The first-order chi connectivity index (χ1) is 49.2. The van der Waals surface area contributed by atoms with Gasteiger partial charge in [-0.05, 0) is 230 Å². The minimum absolute atomic E-state index is 0.0119. The summed E-state index contributed by atoms with van der Waals surface area (Å²) in [5, 5.41) is 15.4. The summed E-state index contributed by atoms with van der Waals surface area (Å²) in [5.41, 5.74) is 34.4. The molecule has 17 aromatic rings. The zero-order valence-electron chi connectivity index (χ0n) is 58.5. The first-order valence-corrected chi connectivity index (χ1v) is 36.0. The Balaban J connectivity index is 0.000000142. The van der Waals surface area contributed by atoms with Crippen LogP contribution in [-0.4, -0.2) is 0 Å². The van der Waals surface area contributed by atoms with Gasteiger partial charge in [-0.15, -0.1) is 0 Å². The average Bonchev–Trinajstić information content (AvgIpc) is 1.03. The van der Waals surface area contributed by atoms with E-state index in [-0.39, 0.29) is 16.2 Å². The van der Waals surface area contributed by atoms with Gasteiger partial charge in [0.2, 0.25) is 0 Å². The molecule has 101 heavy (non-hydrogen) atoms. The highest BCUT2D eigenvalue weighted by molar-refractivity contribution is 6.26. The number of hydrogen-bond acceptors (Lipinski definition) is 0. The number of aryl methyl sites for hydroxylation is 2. The Hall–Kier alpha value is -11.7. The van der Waals surface area contributed by atoms with Gasteiger partial charge in [-0.1, -0.05) is 350 Å². The van der Waals surface area contributed by atoms with Crippen LogP contribution in [0.25, 0.3) is 165 Å². The number of rotatable bonds is 6. The molecule has 3 aliphatic carbocycles. The van der Waals surface area contributed by atoms with Crippen molar-refractivity contribution < 1.29 is 0 Å². The third-order valence-corrected chi connectivity index (χ3v) is 23.5. The Kier molecular flexibility index (Phi) is 13.6. The van der Waals surface area contributed by atoms with Crippen molar-refractivity contribution in [2.75, 3.05) is 0 Å². The van der Waals surface area contributed by atoms with Crippen LogP contribution in [0.2, 0.25) is 0 Å². The predicted octanol–water partition coefficient (Wildman–Crippen LogP) is 27.8. The molecule has 0 fully saturated rings. The molecule has 0 aromatic heterocycles. The van der Waals surface area contributed by atoms with Gasteiger partial charge in [0.05, 0.1) is 0 Å². The maximum Gasteiger partial charge on any atom is 0.0159 e. The van der Waals surface area contributed by atoms with Gasteiger partial charge in [0, 0.05) is 16.2 Å². The maximum absolute atomic E-state index is 2.47. The van der Waals surface area contributed by atoms with Crippen LogP contribution in [0.5, 0.6) is 0 Å². The van der Waals surface area contributed by atoms with Crippen molar-refractivity contribution in [1.29, 1.82) is 0 Å². The van der Waals surface area contributed by atoms with Gasteiger partial charge >= 0.3 is 0 Å². The molecule has 0 atom stereocenters. The molecule has 0 N–H and O–H groups in total. The summed E-state index contributed by atoms with van der Waals surface area (Å²) in [5.74, 6) is 0. The van der Waals surface area contributed by atoms with E-state index in [1.807, 2.05) is 0 Å². The number of benzene rings is 17. The molecule has 0 unspecified atom stereocenters. The van der Waals surface area contributed by atoms with Crippen LogP contribution in [0.1, 0.15) is 86.1 Å². The fourth-order valence-corrected chi connectivity index (χ4v) is 18.6. The van der Waals surface area contributed by atoms with Crippen molar-refractivity contribution in [3.63, 3.8) is 0 Å².